The third-order valence-corrected chi connectivity index (χ3v) is 7.28. The molecule has 4 unspecified atom stereocenters. The lowest BCUT2D eigenvalue weighted by atomic mass is 9.85. The minimum atomic E-state index is -2.92. The second kappa shape index (κ2) is 11.2. The lowest BCUT2D eigenvalue weighted by Gasteiger charge is -2.39. The van der Waals surface area contributed by atoms with Crippen LogP contribution in [0.15, 0.2) is 36.4 Å². The summed E-state index contributed by atoms with van der Waals surface area (Å²) in [6.45, 7) is -0.301. The average Bonchev–Trinajstić information content (AvgIpc) is 3.55. The van der Waals surface area contributed by atoms with Gasteiger partial charge in [0.05, 0.1) is 65.5 Å². The highest BCUT2D eigenvalue weighted by molar-refractivity contribution is 5.45. The quantitative estimate of drug-likeness (QED) is 0.378. The molecule has 3 fully saturated rings. The summed E-state index contributed by atoms with van der Waals surface area (Å²) in [7, 11) is -8.66. The van der Waals surface area contributed by atoms with Gasteiger partial charge in [-0.05, 0) is 35.4 Å². The van der Waals surface area contributed by atoms with Crippen molar-refractivity contribution in [2.75, 3.05) is 40.9 Å². The molecule has 11 heteroatoms. The summed E-state index contributed by atoms with van der Waals surface area (Å²) in [5, 5.41) is 40.1. The topological polar surface area (TPSA) is 146 Å². The minimum absolute atomic E-state index is 0.176. The highest BCUT2D eigenvalue weighted by Crippen LogP contribution is 2.51. The van der Waals surface area contributed by atoms with Crippen LogP contribution < -0.4 is 18.9 Å². The maximum absolute atomic E-state index is 10.4. The van der Waals surface area contributed by atoms with Crippen LogP contribution in [0, 0.1) is 11.8 Å². The fourth-order valence-electron chi connectivity index (χ4n) is 5.27. The molecule has 3 aliphatic rings. The highest BCUT2D eigenvalue weighted by Gasteiger charge is 2.49. The van der Waals surface area contributed by atoms with E-state index in [0.717, 1.165) is 0 Å². The van der Waals surface area contributed by atoms with E-state index in [1.165, 1.54) is 24.3 Å². The van der Waals surface area contributed by atoms with Crippen LogP contribution in [0.4, 0.5) is 0 Å². The molecule has 3 heterocycles. The van der Waals surface area contributed by atoms with Crippen molar-refractivity contribution in [3.05, 3.63) is 47.5 Å². The van der Waals surface area contributed by atoms with Crippen molar-refractivity contribution < 1.29 is 65.9 Å². The Bertz CT molecular complexity index is 1400. The van der Waals surface area contributed by atoms with Gasteiger partial charge >= 0.3 is 0 Å². The first kappa shape index (κ1) is 17.9. The molecule has 208 valence electrons. The summed E-state index contributed by atoms with van der Waals surface area (Å²) in [5.41, 5.74) is 0.989. The van der Waals surface area contributed by atoms with Gasteiger partial charge in [-0.1, -0.05) is 12.1 Å². The fourth-order valence-corrected chi connectivity index (χ4v) is 5.27. The van der Waals surface area contributed by atoms with E-state index >= 15 is 0 Å². The molecule has 0 bridgehead atoms. The Hall–Kier alpha value is -2.64. The number of benzene rings is 2. The van der Waals surface area contributed by atoms with Crippen LogP contribution in [0.3, 0.4) is 0 Å². The molecule has 38 heavy (non-hydrogen) atoms. The summed E-state index contributed by atoms with van der Waals surface area (Å²) < 4.78 is 106. The molecule has 0 spiro atoms. The normalized spacial score (nSPS) is 39.1. The first-order chi connectivity index (χ1) is 21.8. The number of rotatable bonds is 8. The van der Waals surface area contributed by atoms with E-state index in [2.05, 4.69) is 0 Å². The van der Waals surface area contributed by atoms with Gasteiger partial charge in [-0.25, -0.2) is 0 Å². The van der Waals surface area contributed by atoms with Crippen molar-refractivity contribution in [1.29, 1.82) is 0 Å². The van der Waals surface area contributed by atoms with Gasteiger partial charge in [-0.3, -0.25) is 0 Å². The van der Waals surface area contributed by atoms with Crippen LogP contribution in [0.5, 0.6) is 23.0 Å². The predicted octanol–water partition coefficient (Wildman–Crippen LogP) is 0.966. The molecule has 2 aromatic rings. The molecule has 11 nitrogen and oxygen atoms in total. The standard InChI is InChI=1S/C27H34O11/c1-32-17-6-4-13(8-19(17)33-2)25-15-11-36-26(16(15)12-35-25)14-5-7-18(20(9-14)34-3)37-27-24(31)23(30)22(29)21(10-28)38-27/h4-9,15-16,21-31H,10-12H2,1-3H3/t15?,16?,21-,22-,23+,24-,25?,26?,27+/m1/s1/i1D3,2D3,3D3. The number of hydrogen-bond donors (Lipinski definition) is 4. The molecular formula is C27H34O11. The maximum Gasteiger partial charge on any atom is 0.229 e. The van der Waals surface area contributed by atoms with E-state index in [1.54, 1.807) is 12.1 Å². The van der Waals surface area contributed by atoms with Gasteiger partial charge in [0.25, 0.3) is 0 Å². The maximum atomic E-state index is 10.4. The Kier molecular flexibility index (Phi) is 5.27. The number of fused-ring (bicyclic) bond motifs is 1. The summed E-state index contributed by atoms with van der Waals surface area (Å²) in [5.74, 6) is -1.55. The zero-order valence-corrected chi connectivity index (χ0v) is 19.9. The highest BCUT2D eigenvalue weighted by atomic mass is 16.7. The molecule has 0 aliphatic carbocycles. The van der Waals surface area contributed by atoms with E-state index in [4.69, 9.17) is 45.5 Å². The Balaban J connectivity index is 1.38. The Morgan fingerprint density at radius 3 is 1.89 bits per heavy atom. The molecule has 2 aromatic carbocycles. The van der Waals surface area contributed by atoms with E-state index in [9.17, 15) is 20.4 Å². The van der Waals surface area contributed by atoms with Crippen molar-refractivity contribution in [3.63, 3.8) is 0 Å². The van der Waals surface area contributed by atoms with Crippen molar-refractivity contribution >= 4 is 0 Å². The summed E-state index contributed by atoms with van der Waals surface area (Å²) >= 11 is 0. The number of ether oxygens (including phenoxy) is 7. The van der Waals surface area contributed by atoms with Gasteiger partial charge in [-0.2, -0.15) is 0 Å². The van der Waals surface area contributed by atoms with Crippen LogP contribution in [-0.2, 0) is 14.2 Å². The monoisotopic (exact) mass is 543 g/mol. The number of aliphatic hydroxyl groups excluding tert-OH is 4. The molecule has 5 rings (SSSR count). The molecule has 0 amide bonds. The number of hydrogen-bond acceptors (Lipinski definition) is 11. The largest absolute Gasteiger partial charge is 0.493 e. The predicted molar refractivity (Wildman–Crippen MR) is 131 cm³/mol. The zero-order valence-electron chi connectivity index (χ0n) is 28.9. The van der Waals surface area contributed by atoms with Crippen LogP contribution >= 0.6 is 0 Å². The lowest BCUT2D eigenvalue weighted by Crippen LogP contribution is -2.60. The Morgan fingerprint density at radius 1 is 0.763 bits per heavy atom. The van der Waals surface area contributed by atoms with Crippen LogP contribution in [-0.4, -0.2) is 92.1 Å². The van der Waals surface area contributed by atoms with Gasteiger partial charge in [0.2, 0.25) is 6.29 Å². The van der Waals surface area contributed by atoms with Gasteiger partial charge in [0, 0.05) is 11.8 Å². The van der Waals surface area contributed by atoms with Crippen molar-refractivity contribution in [2.24, 2.45) is 11.8 Å². The van der Waals surface area contributed by atoms with Gasteiger partial charge in [0.1, 0.15) is 24.4 Å². The first-order valence-corrected chi connectivity index (χ1v) is 11.9. The molecule has 4 N–H and O–H groups in total. The molecule has 0 radical (unpaired) electrons. The van der Waals surface area contributed by atoms with Crippen LogP contribution in [0.2, 0.25) is 0 Å². The first-order valence-electron chi connectivity index (χ1n) is 16.4. The van der Waals surface area contributed by atoms with Gasteiger partial charge < -0.3 is 53.6 Å². The Labute approximate surface area is 233 Å². The molecule has 0 saturated carbocycles. The SMILES string of the molecule is [2H]C([2H])([2H])Oc1cc(C2OCC3C(c4ccc(OC([2H])([2H])[2H])c(OC([2H])([2H])[2H])c4)OCC23)ccc1O[C@H]1O[C@H](CO)[C@@H](O)[C@H](O)[C@H]1O. The lowest BCUT2D eigenvalue weighted by molar-refractivity contribution is -0.277. The van der Waals surface area contributed by atoms with Crippen molar-refractivity contribution in [3.8, 4) is 23.0 Å². The van der Waals surface area contributed by atoms with Gasteiger partial charge in [-0.15, -0.1) is 0 Å². The average molecular weight is 544 g/mol. The van der Waals surface area contributed by atoms with E-state index in [0.29, 0.717) is 11.1 Å². The van der Waals surface area contributed by atoms with E-state index in [-0.39, 0.29) is 48.0 Å². The molecular weight excluding hydrogens is 500 g/mol. The summed E-state index contributed by atoms with van der Waals surface area (Å²) in [6.07, 6.45) is -9.16. The second-order valence-corrected chi connectivity index (χ2v) is 9.37. The smallest absolute Gasteiger partial charge is 0.229 e. The van der Waals surface area contributed by atoms with E-state index in [1.807, 2.05) is 0 Å². The number of aliphatic hydroxyl groups is 4. The second-order valence-electron chi connectivity index (χ2n) is 9.37. The summed E-state index contributed by atoms with van der Waals surface area (Å²) in [6, 6.07) is 8.51. The van der Waals surface area contributed by atoms with Crippen molar-refractivity contribution in [2.45, 2.75) is 42.9 Å². The fraction of sp³-hybridized carbons (Fsp3) is 0.556. The number of methoxy groups -OCH3 is 3. The summed E-state index contributed by atoms with van der Waals surface area (Å²) in [4.78, 5) is 0. The van der Waals surface area contributed by atoms with Crippen LogP contribution in [0.25, 0.3) is 0 Å². The zero-order chi connectivity index (χ0) is 34.5. The van der Waals surface area contributed by atoms with Crippen molar-refractivity contribution in [1.82, 2.24) is 0 Å². The van der Waals surface area contributed by atoms with Gasteiger partial charge in [0.15, 0.2) is 23.0 Å². The van der Waals surface area contributed by atoms with Crippen LogP contribution in [0.1, 0.15) is 35.7 Å². The Morgan fingerprint density at radius 2 is 1.32 bits per heavy atom. The molecule has 9 atom stereocenters. The molecule has 3 saturated heterocycles. The molecule has 3 aliphatic heterocycles. The minimum Gasteiger partial charge on any atom is -0.493 e. The van der Waals surface area contributed by atoms with E-state index < -0.39 is 70.6 Å². The molecule has 0 aromatic heterocycles. The third-order valence-electron chi connectivity index (χ3n) is 7.28. The third kappa shape index (κ3) is 4.79.